The van der Waals surface area contributed by atoms with Gasteiger partial charge in [0, 0.05) is 81.6 Å². The fourth-order valence-corrected chi connectivity index (χ4v) is 8.12. The van der Waals surface area contributed by atoms with Crippen LogP contribution in [0.25, 0.3) is 22.0 Å². The number of pyridine rings is 1. The topological polar surface area (TPSA) is 64.6 Å². The zero-order chi connectivity index (χ0) is 34.0. The first-order valence-corrected chi connectivity index (χ1v) is 18.5. The van der Waals surface area contributed by atoms with E-state index in [1.807, 2.05) is 12.1 Å². The molecular weight excluding hydrogens is 624 g/mol. The van der Waals surface area contributed by atoms with Crippen molar-refractivity contribution in [3.05, 3.63) is 83.6 Å². The standard InChI is InChI=1S/C41H50N6O3/c1-43(2)18-19-44-20-22-46(23-21-44)34-11-7-30(8-12-34)24-33-27-37(41(48)47-17-5-6-35(47)28-45-15-3-4-16-45)36-25-31(9-13-38(36)42-33)32-10-14-39-40(26-32)50-29-49-39/h7-14,25-27,35H,3-6,15-24,28-29H2,1-2H3. The monoisotopic (exact) mass is 674 g/mol. The Bertz CT molecular complexity index is 1810. The van der Waals surface area contributed by atoms with Crippen molar-refractivity contribution in [3.8, 4) is 22.6 Å². The molecule has 0 aliphatic carbocycles. The summed E-state index contributed by atoms with van der Waals surface area (Å²) in [7, 11) is 4.28. The van der Waals surface area contributed by atoms with Crippen LogP contribution in [0.3, 0.4) is 0 Å². The molecule has 0 N–H and O–H groups in total. The maximum atomic E-state index is 14.6. The van der Waals surface area contributed by atoms with Crippen molar-refractivity contribution in [2.45, 2.75) is 38.1 Å². The maximum Gasteiger partial charge on any atom is 0.254 e. The summed E-state index contributed by atoms with van der Waals surface area (Å²) in [5, 5.41) is 0.904. The largest absolute Gasteiger partial charge is 0.454 e. The first kappa shape index (κ1) is 33.0. The van der Waals surface area contributed by atoms with Gasteiger partial charge in [0.05, 0.1) is 11.1 Å². The SMILES string of the molecule is CN(C)CCN1CCN(c2ccc(Cc3cc(C(=O)N4CCCC4CN4CCCC4)c4cc(-c5ccc6c(c5)OCO6)ccc4n3)cc2)CC1. The van der Waals surface area contributed by atoms with Crippen LogP contribution in [0, 0.1) is 0 Å². The third kappa shape index (κ3) is 7.18. The molecule has 0 saturated carbocycles. The van der Waals surface area contributed by atoms with Gasteiger partial charge in [0.2, 0.25) is 6.79 Å². The number of benzene rings is 3. The van der Waals surface area contributed by atoms with Crippen LogP contribution in [0.4, 0.5) is 5.69 Å². The van der Waals surface area contributed by atoms with Crippen molar-refractivity contribution in [1.29, 1.82) is 0 Å². The van der Waals surface area contributed by atoms with E-state index in [1.54, 1.807) is 0 Å². The van der Waals surface area contributed by atoms with Gasteiger partial charge in [-0.3, -0.25) is 14.7 Å². The lowest BCUT2D eigenvalue weighted by molar-refractivity contribution is 0.0710. The highest BCUT2D eigenvalue weighted by atomic mass is 16.7. The van der Waals surface area contributed by atoms with Crippen LogP contribution in [0.5, 0.6) is 11.5 Å². The number of carbonyl (C=O) groups excluding carboxylic acids is 1. The zero-order valence-corrected chi connectivity index (χ0v) is 29.6. The molecule has 4 aliphatic rings. The number of carbonyl (C=O) groups is 1. The molecule has 4 aliphatic heterocycles. The lowest BCUT2D eigenvalue weighted by atomic mass is 9.98. The Kier molecular flexibility index (Phi) is 9.62. The van der Waals surface area contributed by atoms with Crippen LogP contribution in [0.2, 0.25) is 0 Å². The number of hydrogen-bond acceptors (Lipinski definition) is 8. The molecule has 4 aromatic rings. The molecule has 1 unspecified atom stereocenters. The molecule has 9 heteroatoms. The Balaban J connectivity index is 1.06. The van der Waals surface area contributed by atoms with E-state index in [9.17, 15) is 4.79 Å². The molecule has 0 spiro atoms. The van der Waals surface area contributed by atoms with Gasteiger partial charge in [-0.15, -0.1) is 0 Å². The number of likely N-dealkylation sites (N-methyl/N-ethyl adjacent to an activating group) is 1. The summed E-state index contributed by atoms with van der Waals surface area (Å²) in [6.45, 7) is 10.8. The van der Waals surface area contributed by atoms with E-state index < -0.39 is 0 Å². The van der Waals surface area contributed by atoms with Crippen LogP contribution in [0.1, 0.15) is 47.3 Å². The molecule has 5 heterocycles. The van der Waals surface area contributed by atoms with Crippen molar-refractivity contribution in [3.63, 3.8) is 0 Å². The molecule has 1 amide bonds. The Morgan fingerprint density at radius 3 is 2.36 bits per heavy atom. The quantitative estimate of drug-likeness (QED) is 0.215. The number of amides is 1. The van der Waals surface area contributed by atoms with Gasteiger partial charge in [0.1, 0.15) is 0 Å². The number of aromatic nitrogens is 1. The molecule has 3 aromatic carbocycles. The molecular formula is C41H50N6O3. The van der Waals surface area contributed by atoms with Gasteiger partial charge in [-0.1, -0.05) is 24.3 Å². The van der Waals surface area contributed by atoms with E-state index in [1.165, 1.54) is 24.1 Å². The molecule has 3 saturated heterocycles. The molecule has 8 rings (SSSR count). The van der Waals surface area contributed by atoms with Crippen LogP contribution in [0.15, 0.2) is 66.7 Å². The van der Waals surface area contributed by atoms with Gasteiger partial charge in [-0.25, -0.2) is 0 Å². The maximum absolute atomic E-state index is 14.6. The molecule has 3 fully saturated rings. The predicted molar refractivity (Wildman–Crippen MR) is 199 cm³/mol. The summed E-state index contributed by atoms with van der Waals surface area (Å²) in [5.41, 5.74) is 7.07. The smallest absolute Gasteiger partial charge is 0.254 e. The third-order valence-corrected chi connectivity index (χ3v) is 11.0. The van der Waals surface area contributed by atoms with E-state index in [4.69, 9.17) is 14.5 Å². The molecule has 50 heavy (non-hydrogen) atoms. The van der Waals surface area contributed by atoms with Crippen molar-refractivity contribution >= 4 is 22.5 Å². The van der Waals surface area contributed by atoms with E-state index >= 15 is 0 Å². The first-order valence-electron chi connectivity index (χ1n) is 18.5. The van der Waals surface area contributed by atoms with Gasteiger partial charge in [0.15, 0.2) is 11.5 Å². The molecule has 0 bridgehead atoms. The number of hydrogen-bond donors (Lipinski definition) is 0. The number of rotatable bonds is 10. The Labute approximate surface area is 296 Å². The minimum Gasteiger partial charge on any atom is -0.454 e. The van der Waals surface area contributed by atoms with E-state index in [0.717, 1.165) is 123 Å². The summed E-state index contributed by atoms with van der Waals surface area (Å²) in [5.74, 6) is 1.65. The van der Waals surface area contributed by atoms with Crippen molar-refractivity contribution in [1.82, 2.24) is 24.6 Å². The summed E-state index contributed by atoms with van der Waals surface area (Å²) in [4.78, 5) is 31.7. The van der Waals surface area contributed by atoms with E-state index in [2.05, 4.69) is 93.2 Å². The fourth-order valence-electron chi connectivity index (χ4n) is 8.12. The van der Waals surface area contributed by atoms with Gasteiger partial charge in [-0.05, 0) is 112 Å². The highest BCUT2D eigenvalue weighted by Crippen LogP contribution is 2.37. The van der Waals surface area contributed by atoms with Gasteiger partial charge in [-0.2, -0.15) is 0 Å². The lowest BCUT2D eigenvalue weighted by Crippen LogP contribution is -2.48. The fraction of sp³-hybridized carbons (Fsp3) is 0.463. The summed E-state index contributed by atoms with van der Waals surface area (Å²) < 4.78 is 11.2. The first-order chi connectivity index (χ1) is 24.5. The normalized spacial score (nSPS) is 19.7. The van der Waals surface area contributed by atoms with Crippen molar-refractivity contribution in [2.75, 3.05) is 91.2 Å². The molecule has 1 aromatic heterocycles. The van der Waals surface area contributed by atoms with E-state index in [0.29, 0.717) is 6.42 Å². The average molecular weight is 675 g/mol. The second-order valence-corrected chi connectivity index (χ2v) is 14.7. The molecule has 9 nitrogen and oxygen atoms in total. The molecule has 0 radical (unpaired) electrons. The van der Waals surface area contributed by atoms with E-state index in [-0.39, 0.29) is 18.7 Å². The highest BCUT2D eigenvalue weighted by Gasteiger charge is 2.32. The predicted octanol–water partition coefficient (Wildman–Crippen LogP) is 5.61. The Morgan fingerprint density at radius 1 is 0.800 bits per heavy atom. The molecule has 1 atom stereocenters. The summed E-state index contributed by atoms with van der Waals surface area (Å²) >= 11 is 0. The van der Waals surface area contributed by atoms with Crippen LogP contribution in [-0.2, 0) is 6.42 Å². The Morgan fingerprint density at radius 2 is 1.56 bits per heavy atom. The number of nitrogens with zero attached hydrogens (tertiary/aromatic N) is 6. The second-order valence-electron chi connectivity index (χ2n) is 14.7. The summed E-state index contributed by atoms with van der Waals surface area (Å²) in [6, 6.07) is 23.6. The van der Waals surface area contributed by atoms with Gasteiger partial charge in [0.25, 0.3) is 5.91 Å². The van der Waals surface area contributed by atoms with Gasteiger partial charge < -0.3 is 29.1 Å². The van der Waals surface area contributed by atoms with Crippen molar-refractivity contribution < 1.29 is 14.3 Å². The number of fused-ring (bicyclic) bond motifs is 2. The average Bonchev–Trinajstić information content (AvgIpc) is 3.94. The van der Waals surface area contributed by atoms with Gasteiger partial charge >= 0.3 is 0 Å². The minimum atomic E-state index is 0.128. The van der Waals surface area contributed by atoms with Crippen molar-refractivity contribution in [2.24, 2.45) is 0 Å². The number of likely N-dealkylation sites (tertiary alicyclic amines) is 2. The number of anilines is 1. The molecule has 262 valence electrons. The minimum absolute atomic E-state index is 0.128. The Hall–Kier alpha value is -4.18. The number of piperazine rings is 1. The lowest BCUT2D eigenvalue weighted by Gasteiger charge is -2.36. The third-order valence-electron chi connectivity index (χ3n) is 11.0. The summed E-state index contributed by atoms with van der Waals surface area (Å²) in [6.07, 6.45) is 5.32. The highest BCUT2D eigenvalue weighted by molar-refractivity contribution is 6.07. The number of ether oxygens (including phenoxy) is 2. The second kappa shape index (κ2) is 14.6. The zero-order valence-electron chi connectivity index (χ0n) is 29.6. The van der Waals surface area contributed by atoms with Crippen LogP contribution >= 0.6 is 0 Å². The van der Waals surface area contributed by atoms with Crippen LogP contribution < -0.4 is 14.4 Å². The van der Waals surface area contributed by atoms with Crippen LogP contribution in [-0.4, -0.2) is 123 Å².